The van der Waals surface area contributed by atoms with Crippen molar-refractivity contribution in [3.05, 3.63) is 59.1 Å². The minimum atomic E-state index is -3.54. The second-order valence-corrected chi connectivity index (χ2v) is 10.6. The fourth-order valence-corrected chi connectivity index (χ4v) is 6.52. The normalized spacial score (nSPS) is 19.5. The van der Waals surface area contributed by atoms with Crippen LogP contribution in [0.2, 0.25) is 5.02 Å². The quantitative estimate of drug-likeness (QED) is 0.650. The lowest BCUT2D eigenvalue weighted by atomic mass is 9.78. The zero-order valence-electron chi connectivity index (χ0n) is 17.4. The Labute approximate surface area is 184 Å². The first kappa shape index (κ1) is 21.6. The van der Waals surface area contributed by atoms with E-state index in [0.717, 1.165) is 39.0 Å². The number of ether oxygens (including phenoxy) is 1. The highest BCUT2D eigenvalue weighted by molar-refractivity contribution is 7.89. The first-order chi connectivity index (χ1) is 14.4. The van der Waals surface area contributed by atoms with Gasteiger partial charge in [0, 0.05) is 38.5 Å². The molecule has 2 aliphatic heterocycles. The lowest BCUT2D eigenvalue weighted by Gasteiger charge is -2.38. The highest BCUT2D eigenvalue weighted by atomic mass is 35.5. The Hall–Kier alpha value is -1.60. The van der Waals surface area contributed by atoms with Gasteiger partial charge in [-0.2, -0.15) is 4.31 Å². The average molecular weight is 449 g/mol. The Balaban J connectivity index is 1.39. The van der Waals surface area contributed by atoms with Gasteiger partial charge in [-0.05, 0) is 61.4 Å². The molecule has 0 unspecified atom stereocenters. The number of sulfonamides is 1. The molecule has 0 atom stereocenters. The van der Waals surface area contributed by atoms with Crippen LogP contribution in [0.5, 0.6) is 0 Å². The Kier molecular flexibility index (Phi) is 6.39. The third-order valence-corrected chi connectivity index (χ3v) is 8.85. The van der Waals surface area contributed by atoms with Gasteiger partial charge in [-0.15, -0.1) is 0 Å². The maximum absolute atomic E-state index is 13.0. The van der Waals surface area contributed by atoms with Crippen molar-refractivity contribution < 1.29 is 13.2 Å². The SMILES string of the molecule is CCOCc1ccc(N2CCC3(CCN(S(=O)(=O)c4ccccc4Cl)CC3)C2)cc1. The molecule has 0 N–H and O–H groups in total. The molecule has 4 rings (SSSR count). The Bertz CT molecular complexity index is 970. The van der Waals surface area contributed by atoms with Crippen molar-refractivity contribution >= 4 is 27.3 Å². The maximum atomic E-state index is 13.0. The Morgan fingerprint density at radius 3 is 2.33 bits per heavy atom. The lowest BCUT2D eigenvalue weighted by Crippen LogP contribution is -2.44. The summed E-state index contributed by atoms with van der Waals surface area (Å²) in [6.07, 6.45) is 2.87. The molecule has 0 aromatic heterocycles. The predicted octanol–water partition coefficient (Wildman–Crippen LogP) is 4.56. The molecule has 1 spiro atoms. The van der Waals surface area contributed by atoms with E-state index in [1.807, 2.05) is 6.92 Å². The number of hydrogen-bond acceptors (Lipinski definition) is 4. The Morgan fingerprint density at radius 1 is 1.00 bits per heavy atom. The van der Waals surface area contributed by atoms with Gasteiger partial charge in [-0.1, -0.05) is 35.9 Å². The number of nitrogens with zero attached hydrogens (tertiary/aromatic N) is 2. The fourth-order valence-electron chi connectivity index (χ4n) is 4.58. The van der Waals surface area contributed by atoms with Gasteiger partial charge in [-0.3, -0.25) is 0 Å². The van der Waals surface area contributed by atoms with Crippen molar-refractivity contribution in [2.75, 3.05) is 37.7 Å². The highest BCUT2D eigenvalue weighted by Gasteiger charge is 2.43. The number of piperidine rings is 1. The number of anilines is 1. The van der Waals surface area contributed by atoms with Crippen LogP contribution in [0.3, 0.4) is 0 Å². The molecule has 0 saturated carbocycles. The smallest absolute Gasteiger partial charge is 0.244 e. The van der Waals surface area contributed by atoms with Crippen molar-refractivity contribution in [2.45, 2.75) is 37.7 Å². The van der Waals surface area contributed by atoms with Crippen LogP contribution >= 0.6 is 11.6 Å². The van der Waals surface area contributed by atoms with Gasteiger partial charge in [0.25, 0.3) is 0 Å². The van der Waals surface area contributed by atoms with Crippen LogP contribution in [-0.2, 0) is 21.4 Å². The molecule has 2 aromatic rings. The molecular formula is C23H29ClN2O3S. The van der Waals surface area contributed by atoms with E-state index in [2.05, 4.69) is 29.2 Å². The van der Waals surface area contributed by atoms with Crippen molar-refractivity contribution in [1.29, 1.82) is 0 Å². The summed E-state index contributed by atoms with van der Waals surface area (Å²) in [7, 11) is -3.54. The number of hydrogen-bond donors (Lipinski definition) is 0. The van der Waals surface area contributed by atoms with E-state index in [1.54, 1.807) is 28.6 Å². The molecule has 2 heterocycles. The lowest BCUT2D eigenvalue weighted by molar-refractivity contribution is 0.134. The first-order valence-electron chi connectivity index (χ1n) is 10.6. The van der Waals surface area contributed by atoms with E-state index < -0.39 is 10.0 Å². The standard InChI is InChI=1S/C23H29ClN2O3S/c1-2-29-17-19-7-9-20(10-8-19)25-14-11-23(18-25)12-15-26(16-13-23)30(27,28)22-6-4-3-5-21(22)24/h3-10H,2,11-18H2,1H3. The first-order valence-corrected chi connectivity index (χ1v) is 12.4. The Morgan fingerprint density at radius 2 is 1.67 bits per heavy atom. The van der Waals surface area contributed by atoms with Gasteiger partial charge in [0.1, 0.15) is 4.90 Å². The molecule has 30 heavy (non-hydrogen) atoms. The zero-order valence-corrected chi connectivity index (χ0v) is 19.0. The molecule has 0 bridgehead atoms. The third kappa shape index (κ3) is 4.37. The van der Waals surface area contributed by atoms with Crippen molar-refractivity contribution in [2.24, 2.45) is 5.41 Å². The summed E-state index contributed by atoms with van der Waals surface area (Å²) in [5, 5.41) is 0.289. The molecule has 0 amide bonds. The van der Waals surface area contributed by atoms with Crippen LogP contribution in [0.1, 0.15) is 31.7 Å². The largest absolute Gasteiger partial charge is 0.377 e. The van der Waals surface area contributed by atoms with Crippen LogP contribution in [0.4, 0.5) is 5.69 Å². The van der Waals surface area contributed by atoms with Gasteiger partial charge in [0.15, 0.2) is 0 Å². The molecule has 0 radical (unpaired) electrons. The molecule has 162 valence electrons. The summed E-state index contributed by atoms with van der Waals surface area (Å²) in [4.78, 5) is 2.64. The average Bonchev–Trinajstić information content (AvgIpc) is 3.16. The summed E-state index contributed by atoms with van der Waals surface area (Å²) in [5.74, 6) is 0. The van der Waals surface area contributed by atoms with E-state index >= 15 is 0 Å². The summed E-state index contributed by atoms with van der Waals surface area (Å²) >= 11 is 6.15. The van der Waals surface area contributed by atoms with E-state index in [1.165, 1.54) is 11.3 Å². The fraction of sp³-hybridized carbons (Fsp3) is 0.478. The molecule has 5 nitrogen and oxygen atoms in total. The molecule has 2 fully saturated rings. The van der Waals surface area contributed by atoms with Crippen molar-refractivity contribution in [3.63, 3.8) is 0 Å². The third-order valence-electron chi connectivity index (χ3n) is 6.45. The van der Waals surface area contributed by atoms with Gasteiger partial charge in [0.05, 0.1) is 11.6 Å². The summed E-state index contributed by atoms with van der Waals surface area (Å²) in [6.45, 7) is 6.47. The van der Waals surface area contributed by atoms with E-state index in [-0.39, 0.29) is 15.3 Å². The van der Waals surface area contributed by atoms with Crippen LogP contribution in [-0.4, -0.2) is 45.5 Å². The summed E-state index contributed by atoms with van der Waals surface area (Å²) < 4.78 is 33.1. The maximum Gasteiger partial charge on any atom is 0.244 e. The molecule has 7 heteroatoms. The van der Waals surface area contributed by atoms with E-state index in [4.69, 9.17) is 16.3 Å². The number of benzene rings is 2. The highest BCUT2D eigenvalue weighted by Crippen LogP contribution is 2.43. The van der Waals surface area contributed by atoms with Gasteiger partial charge >= 0.3 is 0 Å². The molecule has 2 aliphatic rings. The topological polar surface area (TPSA) is 49.9 Å². The predicted molar refractivity (Wildman–Crippen MR) is 120 cm³/mol. The van der Waals surface area contributed by atoms with E-state index in [0.29, 0.717) is 19.7 Å². The minimum absolute atomic E-state index is 0.191. The van der Waals surface area contributed by atoms with Crippen molar-refractivity contribution in [1.82, 2.24) is 4.31 Å². The van der Waals surface area contributed by atoms with Gasteiger partial charge < -0.3 is 9.64 Å². The van der Waals surface area contributed by atoms with Gasteiger partial charge in [0.2, 0.25) is 10.0 Å². The molecule has 0 aliphatic carbocycles. The molecular weight excluding hydrogens is 420 g/mol. The molecule has 2 aromatic carbocycles. The summed E-state index contributed by atoms with van der Waals surface area (Å²) in [6, 6.07) is 15.3. The number of halogens is 1. The van der Waals surface area contributed by atoms with Crippen LogP contribution in [0.15, 0.2) is 53.4 Å². The second-order valence-electron chi connectivity index (χ2n) is 8.31. The second kappa shape index (κ2) is 8.87. The zero-order chi connectivity index (χ0) is 21.2. The van der Waals surface area contributed by atoms with Crippen LogP contribution < -0.4 is 4.90 Å². The van der Waals surface area contributed by atoms with E-state index in [9.17, 15) is 8.42 Å². The minimum Gasteiger partial charge on any atom is -0.377 e. The number of rotatable bonds is 6. The van der Waals surface area contributed by atoms with Gasteiger partial charge in [-0.25, -0.2) is 8.42 Å². The molecule has 2 saturated heterocycles. The monoisotopic (exact) mass is 448 g/mol. The van der Waals surface area contributed by atoms with Crippen molar-refractivity contribution in [3.8, 4) is 0 Å². The van der Waals surface area contributed by atoms with Crippen LogP contribution in [0, 0.1) is 5.41 Å². The summed E-state index contributed by atoms with van der Waals surface area (Å²) in [5.41, 5.74) is 2.61. The van der Waals surface area contributed by atoms with Crippen LogP contribution in [0.25, 0.3) is 0 Å².